The van der Waals surface area contributed by atoms with Crippen LogP contribution < -0.4 is 14.8 Å². The normalized spacial score (nSPS) is 17.9. The molecule has 0 fully saturated rings. The number of hydrogen-bond donors (Lipinski definition) is 1. The molecule has 1 heterocycles. The molecule has 0 saturated carbocycles. The number of para-hydroxylation sites is 2. The number of benzene rings is 1. The van der Waals surface area contributed by atoms with E-state index in [4.69, 9.17) is 14.2 Å². The molecule has 0 aliphatic carbocycles. The fraction of sp³-hybridized carbons (Fsp3) is 0.364. The molecule has 5 heteroatoms. The van der Waals surface area contributed by atoms with E-state index in [9.17, 15) is 4.79 Å². The minimum atomic E-state index is -0.620. The Kier molecular flexibility index (Phi) is 3.26. The smallest absolute Gasteiger partial charge is 0.266 e. The predicted octanol–water partition coefficient (Wildman–Crippen LogP) is 0.546. The van der Waals surface area contributed by atoms with E-state index in [0.29, 0.717) is 11.5 Å². The molecule has 0 radical (unpaired) electrons. The summed E-state index contributed by atoms with van der Waals surface area (Å²) < 4.78 is 15.7. The second-order valence-electron chi connectivity index (χ2n) is 3.34. The molecule has 0 spiro atoms. The summed E-state index contributed by atoms with van der Waals surface area (Å²) in [5, 5.41) is 2.57. The average molecular weight is 223 g/mol. The SMILES string of the molecule is COCNC(=O)[C@H]1COc2ccccc2O1. The van der Waals surface area contributed by atoms with Crippen LogP contribution in [0.4, 0.5) is 0 Å². The molecule has 0 unspecified atom stereocenters. The Morgan fingerprint density at radius 1 is 1.50 bits per heavy atom. The van der Waals surface area contributed by atoms with Crippen molar-refractivity contribution in [3.05, 3.63) is 24.3 Å². The van der Waals surface area contributed by atoms with Crippen LogP contribution >= 0.6 is 0 Å². The third kappa shape index (κ3) is 2.25. The molecule has 2 rings (SSSR count). The van der Waals surface area contributed by atoms with Gasteiger partial charge < -0.3 is 19.5 Å². The van der Waals surface area contributed by atoms with Crippen molar-refractivity contribution in [2.24, 2.45) is 0 Å². The van der Waals surface area contributed by atoms with E-state index >= 15 is 0 Å². The number of hydrogen-bond acceptors (Lipinski definition) is 4. The lowest BCUT2D eigenvalue weighted by atomic mass is 10.2. The van der Waals surface area contributed by atoms with Crippen LogP contribution in [0.5, 0.6) is 11.5 Å². The van der Waals surface area contributed by atoms with Gasteiger partial charge in [-0.05, 0) is 12.1 Å². The van der Waals surface area contributed by atoms with Crippen LogP contribution in [0, 0.1) is 0 Å². The standard InChI is InChI=1S/C11H13NO4/c1-14-7-12-11(13)10-6-15-8-4-2-3-5-9(8)16-10/h2-5,10H,6-7H2,1H3,(H,12,13)/t10-/m1/s1. The summed E-state index contributed by atoms with van der Waals surface area (Å²) in [6, 6.07) is 7.26. The number of nitrogens with one attached hydrogen (secondary N) is 1. The van der Waals surface area contributed by atoms with Gasteiger partial charge in [0.25, 0.3) is 5.91 Å². The molecule has 1 atom stereocenters. The van der Waals surface area contributed by atoms with Crippen molar-refractivity contribution < 1.29 is 19.0 Å². The number of ether oxygens (including phenoxy) is 3. The number of carbonyl (C=O) groups is 1. The largest absolute Gasteiger partial charge is 0.485 e. The monoisotopic (exact) mass is 223 g/mol. The van der Waals surface area contributed by atoms with Crippen molar-refractivity contribution in [3.8, 4) is 11.5 Å². The van der Waals surface area contributed by atoms with E-state index in [1.165, 1.54) is 7.11 Å². The van der Waals surface area contributed by atoms with Crippen LogP contribution in [0.2, 0.25) is 0 Å². The molecule has 1 amide bonds. The number of amides is 1. The Hall–Kier alpha value is -1.75. The highest BCUT2D eigenvalue weighted by Gasteiger charge is 2.26. The number of rotatable bonds is 3. The Morgan fingerprint density at radius 2 is 2.25 bits per heavy atom. The summed E-state index contributed by atoms with van der Waals surface area (Å²) in [5.74, 6) is 1.01. The Morgan fingerprint density at radius 3 is 3.00 bits per heavy atom. The maximum atomic E-state index is 11.6. The molecule has 0 bridgehead atoms. The molecule has 1 N–H and O–H groups in total. The van der Waals surface area contributed by atoms with Crippen molar-refractivity contribution >= 4 is 5.91 Å². The molecule has 1 aliphatic rings. The van der Waals surface area contributed by atoms with Crippen molar-refractivity contribution in [2.75, 3.05) is 20.4 Å². The first-order valence-corrected chi connectivity index (χ1v) is 4.96. The minimum Gasteiger partial charge on any atom is -0.485 e. The maximum Gasteiger partial charge on any atom is 0.266 e. The summed E-state index contributed by atoms with van der Waals surface area (Å²) in [5.41, 5.74) is 0. The van der Waals surface area contributed by atoms with Crippen molar-refractivity contribution in [2.45, 2.75) is 6.10 Å². The zero-order chi connectivity index (χ0) is 11.4. The Bertz CT molecular complexity index is 380. The van der Waals surface area contributed by atoms with Crippen LogP contribution in [-0.4, -0.2) is 32.5 Å². The highest BCUT2D eigenvalue weighted by molar-refractivity contribution is 5.81. The summed E-state index contributed by atoms with van der Waals surface area (Å²) in [6.45, 7) is 0.382. The van der Waals surface area contributed by atoms with Gasteiger partial charge in [0.2, 0.25) is 6.10 Å². The topological polar surface area (TPSA) is 56.8 Å². The molecule has 0 aromatic heterocycles. The Labute approximate surface area is 93.3 Å². The quantitative estimate of drug-likeness (QED) is 0.760. The van der Waals surface area contributed by atoms with E-state index in [-0.39, 0.29) is 19.2 Å². The third-order valence-corrected chi connectivity index (χ3v) is 2.19. The summed E-state index contributed by atoms with van der Waals surface area (Å²) in [7, 11) is 1.51. The number of fused-ring (bicyclic) bond motifs is 1. The first kappa shape index (κ1) is 10.8. The van der Waals surface area contributed by atoms with Gasteiger partial charge in [-0.3, -0.25) is 4.79 Å². The van der Waals surface area contributed by atoms with Crippen molar-refractivity contribution in [1.29, 1.82) is 0 Å². The lowest BCUT2D eigenvalue weighted by Crippen LogP contribution is -2.44. The lowest BCUT2D eigenvalue weighted by Gasteiger charge is -2.25. The highest BCUT2D eigenvalue weighted by atomic mass is 16.6. The molecule has 1 aliphatic heterocycles. The van der Waals surface area contributed by atoms with Crippen LogP contribution in [0.1, 0.15) is 0 Å². The number of methoxy groups -OCH3 is 1. The van der Waals surface area contributed by atoms with Gasteiger partial charge in [-0.1, -0.05) is 12.1 Å². The van der Waals surface area contributed by atoms with E-state index in [1.54, 1.807) is 12.1 Å². The minimum absolute atomic E-state index is 0.167. The molecule has 16 heavy (non-hydrogen) atoms. The second kappa shape index (κ2) is 4.85. The number of carbonyl (C=O) groups excluding carboxylic acids is 1. The molecular formula is C11H13NO4. The second-order valence-corrected chi connectivity index (χ2v) is 3.34. The van der Waals surface area contributed by atoms with Gasteiger partial charge in [0.15, 0.2) is 11.5 Å². The molecule has 1 aromatic carbocycles. The van der Waals surface area contributed by atoms with E-state index in [2.05, 4.69) is 5.32 Å². The van der Waals surface area contributed by atoms with Crippen molar-refractivity contribution in [3.63, 3.8) is 0 Å². The van der Waals surface area contributed by atoms with Gasteiger partial charge in [0.1, 0.15) is 13.3 Å². The van der Waals surface area contributed by atoms with Crippen LogP contribution in [-0.2, 0) is 9.53 Å². The average Bonchev–Trinajstić information content (AvgIpc) is 2.35. The molecular weight excluding hydrogens is 210 g/mol. The maximum absolute atomic E-state index is 11.6. The zero-order valence-corrected chi connectivity index (χ0v) is 8.93. The molecule has 86 valence electrons. The summed E-state index contributed by atoms with van der Waals surface area (Å²) in [6.07, 6.45) is -0.620. The van der Waals surface area contributed by atoms with Gasteiger partial charge in [0.05, 0.1) is 0 Å². The van der Waals surface area contributed by atoms with Gasteiger partial charge in [-0.2, -0.15) is 0 Å². The fourth-order valence-electron chi connectivity index (χ4n) is 1.41. The van der Waals surface area contributed by atoms with Gasteiger partial charge >= 0.3 is 0 Å². The van der Waals surface area contributed by atoms with Crippen LogP contribution in [0.15, 0.2) is 24.3 Å². The van der Waals surface area contributed by atoms with Crippen LogP contribution in [0.25, 0.3) is 0 Å². The van der Waals surface area contributed by atoms with E-state index in [1.807, 2.05) is 12.1 Å². The summed E-state index contributed by atoms with van der Waals surface area (Å²) in [4.78, 5) is 11.6. The molecule has 5 nitrogen and oxygen atoms in total. The predicted molar refractivity (Wildman–Crippen MR) is 56.4 cm³/mol. The molecule has 1 aromatic rings. The highest BCUT2D eigenvalue weighted by Crippen LogP contribution is 2.30. The van der Waals surface area contributed by atoms with E-state index in [0.717, 1.165) is 0 Å². The third-order valence-electron chi connectivity index (χ3n) is 2.19. The van der Waals surface area contributed by atoms with Crippen molar-refractivity contribution in [1.82, 2.24) is 5.32 Å². The lowest BCUT2D eigenvalue weighted by molar-refractivity contribution is -0.131. The van der Waals surface area contributed by atoms with Gasteiger partial charge in [-0.15, -0.1) is 0 Å². The zero-order valence-electron chi connectivity index (χ0n) is 8.93. The van der Waals surface area contributed by atoms with Crippen LogP contribution in [0.3, 0.4) is 0 Å². The van der Waals surface area contributed by atoms with Gasteiger partial charge in [0, 0.05) is 7.11 Å². The molecule has 0 saturated heterocycles. The van der Waals surface area contributed by atoms with E-state index < -0.39 is 6.10 Å². The first-order chi connectivity index (χ1) is 7.81. The summed E-state index contributed by atoms with van der Waals surface area (Å²) >= 11 is 0. The fourth-order valence-corrected chi connectivity index (χ4v) is 1.41. The first-order valence-electron chi connectivity index (χ1n) is 4.96. The Balaban J connectivity index is 1.99. The van der Waals surface area contributed by atoms with Gasteiger partial charge in [-0.25, -0.2) is 0 Å².